The lowest BCUT2D eigenvalue weighted by molar-refractivity contribution is 0.564. The van der Waals surface area contributed by atoms with Crippen molar-refractivity contribution in [2.24, 2.45) is 0 Å². The first-order valence-corrected chi connectivity index (χ1v) is 19.6. The average Bonchev–Trinajstić information content (AvgIpc) is 3.30. The molecule has 10 rings (SSSR count). The molecular formula is C56H36O2. The standard InChI is InChI=1S/C56H36O2/c57-37-51-49-35-47(55(41-19-7-1-8-20-41,42-21-9-2-10-22-42)43-23-11-3-12-24-43)33-39-31-32-40-34-48(36-50(52(51)38-58)54(40)53(39)49)56(44-25-13-4-14-26-44,45-27-15-5-16-28-45)46-29-17-6-18-30-46/h1-36H. The first-order valence-electron chi connectivity index (χ1n) is 19.6. The fourth-order valence-electron chi connectivity index (χ4n) is 9.77. The minimum Gasteiger partial charge on any atom is -0.233 e. The molecule has 0 unspecified atom stereocenters. The lowest BCUT2D eigenvalue weighted by Crippen LogP contribution is -2.34. The van der Waals surface area contributed by atoms with Gasteiger partial charge in [-0.05, 0) is 90.3 Å². The van der Waals surface area contributed by atoms with Gasteiger partial charge in [0.05, 0.1) is 21.3 Å². The molecule has 0 N–H and O–H groups in total. The molecule has 2 nitrogen and oxygen atoms in total. The van der Waals surface area contributed by atoms with Crippen LogP contribution in [0.3, 0.4) is 0 Å². The highest BCUT2D eigenvalue weighted by Gasteiger charge is 2.40. The summed E-state index contributed by atoms with van der Waals surface area (Å²) < 4.78 is 0. The molecule has 10 aromatic rings. The smallest absolute Gasteiger partial charge is 0.134 e. The van der Waals surface area contributed by atoms with E-state index in [1.807, 2.05) is 36.4 Å². The SMILES string of the molecule is O=C=c1c(=C=O)c2cc(C(c3ccccc3)(c3ccccc3)c3ccccc3)cc3ccc4cc(C(c5ccccc5)(c5ccccc5)c5ccccc5)cc1c4c32. The zero-order valence-electron chi connectivity index (χ0n) is 31.6. The van der Waals surface area contributed by atoms with Crippen LogP contribution in [-0.2, 0) is 20.4 Å². The van der Waals surface area contributed by atoms with E-state index < -0.39 is 10.8 Å². The Kier molecular flexibility index (Phi) is 8.51. The minimum absolute atomic E-state index is 0.215. The van der Waals surface area contributed by atoms with Crippen LogP contribution in [-0.4, -0.2) is 11.9 Å². The molecule has 0 atom stereocenters. The summed E-state index contributed by atoms with van der Waals surface area (Å²) in [7, 11) is 0. The highest BCUT2D eigenvalue weighted by atomic mass is 16.1. The Morgan fingerprint density at radius 3 is 0.741 bits per heavy atom. The van der Waals surface area contributed by atoms with Gasteiger partial charge in [-0.15, -0.1) is 0 Å². The Morgan fingerprint density at radius 2 is 0.517 bits per heavy atom. The van der Waals surface area contributed by atoms with Gasteiger partial charge in [-0.1, -0.05) is 194 Å². The first-order chi connectivity index (χ1) is 28.7. The third kappa shape index (κ3) is 5.14. The number of hydrogen-bond donors (Lipinski definition) is 0. The lowest BCUT2D eigenvalue weighted by Gasteiger charge is -2.38. The van der Waals surface area contributed by atoms with Crippen LogP contribution in [0, 0.1) is 0 Å². The van der Waals surface area contributed by atoms with Crippen molar-refractivity contribution >= 4 is 44.2 Å². The van der Waals surface area contributed by atoms with E-state index >= 15 is 0 Å². The highest BCUT2D eigenvalue weighted by molar-refractivity contribution is 6.24. The Morgan fingerprint density at radius 1 is 0.276 bits per heavy atom. The maximum Gasteiger partial charge on any atom is 0.134 e. The molecule has 0 fully saturated rings. The fraction of sp³-hybridized carbons (Fsp3) is 0.0357. The van der Waals surface area contributed by atoms with Gasteiger partial charge in [0.1, 0.15) is 11.9 Å². The van der Waals surface area contributed by atoms with Crippen molar-refractivity contribution in [3.63, 3.8) is 0 Å². The zero-order chi connectivity index (χ0) is 39.1. The molecule has 0 saturated heterocycles. The largest absolute Gasteiger partial charge is 0.233 e. The maximum atomic E-state index is 13.5. The van der Waals surface area contributed by atoms with Crippen molar-refractivity contribution in [3.05, 3.63) is 273 Å². The second-order valence-corrected chi connectivity index (χ2v) is 15.0. The van der Waals surface area contributed by atoms with Gasteiger partial charge in [-0.25, -0.2) is 9.59 Å². The van der Waals surface area contributed by atoms with E-state index in [1.165, 1.54) is 0 Å². The van der Waals surface area contributed by atoms with Gasteiger partial charge < -0.3 is 0 Å². The van der Waals surface area contributed by atoms with Gasteiger partial charge in [0.25, 0.3) is 0 Å². The molecule has 0 aliphatic heterocycles. The van der Waals surface area contributed by atoms with E-state index in [0.717, 1.165) is 66.1 Å². The van der Waals surface area contributed by atoms with E-state index in [9.17, 15) is 9.59 Å². The molecule has 2 heteroatoms. The molecule has 0 heterocycles. The quantitative estimate of drug-likeness (QED) is 0.115. The molecule has 0 aliphatic rings. The number of hydrogen-bond acceptors (Lipinski definition) is 2. The molecule has 0 aliphatic carbocycles. The monoisotopic (exact) mass is 740 g/mol. The van der Waals surface area contributed by atoms with Crippen molar-refractivity contribution < 1.29 is 9.59 Å². The molecule has 0 aromatic heterocycles. The summed E-state index contributed by atoms with van der Waals surface area (Å²) in [5, 5.41) is 5.58. The van der Waals surface area contributed by atoms with Crippen LogP contribution in [0.15, 0.2) is 218 Å². The zero-order valence-corrected chi connectivity index (χ0v) is 31.6. The van der Waals surface area contributed by atoms with Crippen LogP contribution in [0.5, 0.6) is 0 Å². The number of benzene rings is 10. The van der Waals surface area contributed by atoms with Crippen molar-refractivity contribution in [2.45, 2.75) is 10.8 Å². The summed E-state index contributed by atoms with van der Waals surface area (Å²) in [6, 6.07) is 76.2. The summed E-state index contributed by atoms with van der Waals surface area (Å²) in [5.74, 6) is 4.53. The van der Waals surface area contributed by atoms with Gasteiger partial charge in [0.15, 0.2) is 0 Å². The van der Waals surface area contributed by atoms with E-state index in [-0.39, 0.29) is 10.4 Å². The van der Waals surface area contributed by atoms with E-state index in [2.05, 4.69) is 194 Å². The van der Waals surface area contributed by atoms with Crippen molar-refractivity contribution in [2.75, 3.05) is 0 Å². The summed E-state index contributed by atoms with van der Waals surface area (Å²) >= 11 is 0. The summed E-state index contributed by atoms with van der Waals surface area (Å²) in [6.07, 6.45) is 0. The molecule has 0 radical (unpaired) electrons. The average molecular weight is 741 g/mol. The predicted molar refractivity (Wildman–Crippen MR) is 236 cm³/mol. The highest BCUT2D eigenvalue weighted by Crippen LogP contribution is 2.49. The Hall–Kier alpha value is -7.60. The Bertz CT molecular complexity index is 2830. The maximum absolute atomic E-state index is 13.5. The van der Waals surface area contributed by atoms with Crippen LogP contribution in [0.4, 0.5) is 0 Å². The van der Waals surface area contributed by atoms with Crippen LogP contribution in [0.2, 0.25) is 0 Å². The van der Waals surface area contributed by atoms with E-state index in [4.69, 9.17) is 0 Å². The van der Waals surface area contributed by atoms with Crippen LogP contribution in [0.1, 0.15) is 44.5 Å². The molecule has 58 heavy (non-hydrogen) atoms. The van der Waals surface area contributed by atoms with Gasteiger partial charge in [-0.3, -0.25) is 0 Å². The number of carbonyl (C=O) groups excluding carboxylic acids is 2. The second-order valence-electron chi connectivity index (χ2n) is 15.0. The van der Waals surface area contributed by atoms with Crippen molar-refractivity contribution in [1.82, 2.24) is 0 Å². The summed E-state index contributed by atoms with van der Waals surface area (Å²) in [6.45, 7) is 0. The molecule has 10 aromatic carbocycles. The Balaban J connectivity index is 1.36. The third-order valence-electron chi connectivity index (χ3n) is 12.1. The molecule has 272 valence electrons. The van der Waals surface area contributed by atoms with E-state index in [0.29, 0.717) is 10.8 Å². The van der Waals surface area contributed by atoms with Gasteiger partial charge in [0, 0.05) is 10.8 Å². The first kappa shape index (κ1) is 34.9. The van der Waals surface area contributed by atoms with E-state index in [1.54, 1.807) is 0 Å². The van der Waals surface area contributed by atoms with Crippen molar-refractivity contribution in [1.29, 1.82) is 0 Å². The lowest BCUT2D eigenvalue weighted by atomic mass is 9.64. The van der Waals surface area contributed by atoms with Crippen molar-refractivity contribution in [3.8, 4) is 0 Å². The summed E-state index contributed by atoms with van der Waals surface area (Å²) in [5.41, 5.74) is 6.96. The molecule has 0 amide bonds. The molecular weight excluding hydrogens is 705 g/mol. The second kappa shape index (κ2) is 14.2. The van der Waals surface area contributed by atoms with Crippen LogP contribution >= 0.6 is 0 Å². The molecule has 0 bridgehead atoms. The predicted octanol–water partition coefficient (Wildman–Crippen LogP) is 10.4. The van der Waals surface area contributed by atoms with Gasteiger partial charge in [0.2, 0.25) is 0 Å². The molecule has 0 saturated carbocycles. The fourth-order valence-corrected chi connectivity index (χ4v) is 9.77. The minimum atomic E-state index is -0.757. The van der Waals surface area contributed by atoms with Crippen LogP contribution < -0.4 is 10.4 Å². The van der Waals surface area contributed by atoms with Crippen LogP contribution in [0.25, 0.3) is 32.3 Å². The number of rotatable bonds is 8. The normalized spacial score (nSPS) is 11.8. The summed E-state index contributed by atoms with van der Waals surface area (Å²) in [4.78, 5) is 26.9. The molecule has 0 spiro atoms. The third-order valence-corrected chi connectivity index (χ3v) is 12.1. The van der Waals surface area contributed by atoms with Gasteiger partial charge in [-0.2, -0.15) is 0 Å². The topological polar surface area (TPSA) is 34.1 Å². The van der Waals surface area contributed by atoms with Gasteiger partial charge >= 0.3 is 0 Å². The Labute approximate surface area is 336 Å².